The number of halogens is 2. The first-order chi connectivity index (χ1) is 20.9. The van der Waals surface area contributed by atoms with Crippen LogP contribution in [0.2, 0.25) is 5.02 Å². The highest BCUT2D eigenvalue weighted by Crippen LogP contribution is 2.37. The molecule has 0 aliphatic carbocycles. The van der Waals surface area contributed by atoms with Crippen LogP contribution in [0.25, 0.3) is 27.5 Å². The van der Waals surface area contributed by atoms with Crippen molar-refractivity contribution < 1.29 is 23.4 Å². The number of carbonyl (C=O) groups excluding carboxylic acids is 1. The van der Waals surface area contributed by atoms with Crippen molar-refractivity contribution in [2.75, 3.05) is 19.5 Å². The topological polar surface area (TPSA) is 91.7 Å². The molecule has 1 N–H and O–H groups in total. The number of hydrogen-bond donors (Lipinski definition) is 1. The van der Waals surface area contributed by atoms with Gasteiger partial charge in [0.25, 0.3) is 5.91 Å². The van der Waals surface area contributed by atoms with Crippen molar-refractivity contribution in [1.82, 2.24) is 9.55 Å². The zero-order valence-electron chi connectivity index (χ0n) is 22.9. The Hall–Kier alpha value is -5.41. The maximum atomic E-state index is 13.9. The molecule has 0 aliphatic heterocycles. The standard InChI is InChI=1S/C33H23ClFN3O5/c1-41-30-16-23-27(17-31(30)42-2)36-13-12-29(23)43-21-7-5-6-19(14-21)37-33(40)24-18-38(20-10-11-26(35)25(34)15-20)28-9-4-3-8-22(28)32(24)39/h3-18H,1-2H3,(H,37,40). The molecule has 0 saturated heterocycles. The van der Waals surface area contributed by atoms with Crippen LogP contribution in [0, 0.1) is 5.82 Å². The van der Waals surface area contributed by atoms with Gasteiger partial charge in [-0.2, -0.15) is 0 Å². The summed E-state index contributed by atoms with van der Waals surface area (Å²) in [5.74, 6) is 0.828. The van der Waals surface area contributed by atoms with Crippen molar-refractivity contribution in [2.24, 2.45) is 0 Å². The van der Waals surface area contributed by atoms with E-state index < -0.39 is 17.2 Å². The van der Waals surface area contributed by atoms with Crippen LogP contribution >= 0.6 is 11.6 Å². The molecule has 6 aromatic rings. The lowest BCUT2D eigenvalue weighted by molar-refractivity contribution is 0.102. The van der Waals surface area contributed by atoms with Crippen molar-refractivity contribution in [2.45, 2.75) is 0 Å². The number of ether oxygens (including phenoxy) is 3. The van der Waals surface area contributed by atoms with E-state index in [9.17, 15) is 14.0 Å². The molecule has 0 fully saturated rings. The molecule has 10 heteroatoms. The number of hydrogen-bond acceptors (Lipinski definition) is 6. The fourth-order valence-electron chi connectivity index (χ4n) is 4.79. The number of pyridine rings is 2. The Morgan fingerprint density at radius 1 is 0.884 bits per heavy atom. The van der Waals surface area contributed by atoms with Gasteiger partial charge < -0.3 is 24.1 Å². The summed E-state index contributed by atoms with van der Waals surface area (Å²) in [5, 5.41) is 3.74. The van der Waals surface area contributed by atoms with Crippen LogP contribution in [-0.2, 0) is 0 Å². The molecule has 0 bridgehead atoms. The molecule has 0 atom stereocenters. The van der Waals surface area contributed by atoms with Gasteiger partial charge in [0.05, 0.1) is 30.3 Å². The predicted octanol–water partition coefficient (Wildman–Crippen LogP) is 7.39. The number of nitrogens with zero attached hydrogens (tertiary/aromatic N) is 2. The van der Waals surface area contributed by atoms with Gasteiger partial charge in [-0.3, -0.25) is 14.6 Å². The summed E-state index contributed by atoms with van der Waals surface area (Å²) in [6, 6.07) is 23.1. The molecule has 0 spiro atoms. The van der Waals surface area contributed by atoms with E-state index in [4.69, 9.17) is 25.8 Å². The minimum Gasteiger partial charge on any atom is -0.493 e. The van der Waals surface area contributed by atoms with Gasteiger partial charge in [-0.1, -0.05) is 29.8 Å². The molecule has 6 rings (SSSR count). The molecule has 1 amide bonds. The highest BCUT2D eigenvalue weighted by Gasteiger charge is 2.18. The van der Waals surface area contributed by atoms with E-state index in [-0.39, 0.29) is 10.6 Å². The number of rotatable bonds is 7. The lowest BCUT2D eigenvalue weighted by Crippen LogP contribution is -2.23. The average molecular weight is 596 g/mol. The first kappa shape index (κ1) is 27.7. The van der Waals surface area contributed by atoms with Gasteiger partial charge in [0, 0.05) is 46.7 Å². The van der Waals surface area contributed by atoms with Crippen LogP contribution in [0.1, 0.15) is 10.4 Å². The predicted molar refractivity (Wildman–Crippen MR) is 164 cm³/mol. The Balaban J connectivity index is 1.33. The van der Waals surface area contributed by atoms with Crippen molar-refractivity contribution in [3.63, 3.8) is 0 Å². The third kappa shape index (κ3) is 5.33. The summed E-state index contributed by atoms with van der Waals surface area (Å²) in [6.07, 6.45) is 3.04. The lowest BCUT2D eigenvalue weighted by atomic mass is 10.1. The second-order valence-electron chi connectivity index (χ2n) is 9.47. The first-order valence-corrected chi connectivity index (χ1v) is 13.4. The Morgan fingerprint density at radius 2 is 1.67 bits per heavy atom. The molecule has 0 unspecified atom stereocenters. The summed E-state index contributed by atoms with van der Waals surface area (Å²) in [6.45, 7) is 0. The van der Waals surface area contributed by atoms with E-state index in [0.717, 1.165) is 0 Å². The molecule has 0 aliphatic rings. The van der Waals surface area contributed by atoms with Gasteiger partial charge in [0.1, 0.15) is 22.9 Å². The fourth-order valence-corrected chi connectivity index (χ4v) is 4.96. The molecule has 2 aromatic heterocycles. The molecule has 2 heterocycles. The molecular formula is C33H23ClFN3O5. The maximum Gasteiger partial charge on any atom is 0.261 e. The van der Waals surface area contributed by atoms with Gasteiger partial charge in [-0.05, 0) is 54.6 Å². The SMILES string of the molecule is COc1cc2nccc(Oc3cccc(NC(=O)c4cn(-c5ccc(F)c(Cl)c5)c5ccccc5c4=O)c3)c2cc1OC. The number of nitrogens with one attached hydrogen (secondary N) is 1. The number of amides is 1. The fraction of sp³-hybridized carbons (Fsp3) is 0.0606. The van der Waals surface area contributed by atoms with Gasteiger partial charge in [0.15, 0.2) is 11.5 Å². The van der Waals surface area contributed by atoms with Crippen molar-refractivity contribution in [1.29, 1.82) is 0 Å². The van der Waals surface area contributed by atoms with Crippen molar-refractivity contribution in [3.05, 3.63) is 124 Å². The molecule has 0 saturated carbocycles. The number of anilines is 1. The smallest absolute Gasteiger partial charge is 0.261 e. The van der Waals surface area contributed by atoms with Gasteiger partial charge >= 0.3 is 0 Å². The largest absolute Gasteiger partial charge is 0.493 e. The summed E-state index contributed by atoms with van der Waals surface area (Å²) in [7, 11) is 3.10. The molecular weight excluding hydrogens is 573 g/mol. The monoisotopic (exact) mass is 595 g/mol. The zero-order valence-corrected chi connectivity index (χ0v) is 23.7. The van der Waals surface area contributed by atoms with Gasteiger partial charge in [-0.15, -0.1) is 0 Å². The summed E-state index contributed by atoms with van der Waals surface area (Å²) >= 11 is 6.03. The van der Waals surface area contributed by atoms with E-state index >= 15 is 0 Å². The van der Waals surface area contributed by atoms with Crippen LogP contribution in [0.3, 0.4) is 0 Å². The Kier molecular flexibility index (Phi) is 7.40. The quantitative estimate of drug-likeness (QED) is 0.207. The van der Waals surface area contributed by atoms with E-state index in [2.05, 4.69) is 10.3 Å². The van der Waals surface area contributed by atoms with Gasteiger partial charge in [0.2, 0.25) is 5.43 Å². The minimum atomic E-state index is -0.624. The summed E-state index contributed by atoms with van der Waals surface area (Å²) < 4.78 is 32.5. The first-order valence-electron chi connectivity index (χ1n) is 13.1. The normalized spacial score (nSPS) is 11.0. The average Bonchev–Trinajstić information content (AvgIpc) is 3.02. The molecule has 0 radical (unpaired) electrons. The highest BCUT2D eigenvalue weighted by molar-refractivity contribution is 6.30. The molecule has 43 heavy (non-hydrogen) atoms. The number of benzene rings is 4. The summed E-state index contributed by atoms with van der Waals surface area (Å²) in [5.41, 5.74) is 1.54. The lowest BCUT2D eigenvalue weighted by Gasteiger charge is -2.15. The Bertz CT molecular complexity index is 2100. The Morgan fingerprint density at radius 3 is 2.47 bits per heavy atom. The zero-order chi connectivity index (χ0) is 30.1. The van der Waals surface area contributed by atoms with Crippen molar-refractivity contribution >= 4 is 45.0 Å². The maximum absolute atomic E-state index is 13.9. The third-order valence-corrected chi connectivity index (χ3v) is 7.15. The van der Waals surface area contributed by atoms with E-state index in [1.807, 2.05) is 0 Å². The number of carbonyl (C=O) groups is 1. The second-order valence-corrected chi connectivity index (χ2v) is 9.88. The molecule has 4 aromatic carbocycles. The minimum absolute atomic E-state index is 0.0809. The number of aromatic nitrogens is 2. The van der Waals surface area contributed by atoms with Crippen molar-refractivity contribution in [3.8, 4) is 28.7 Å². The number of methoxy groups -OCH3 is 2. The van der Waals surface area contributed by atoms with Crippen LogP contribution in [0.5, 0.6) is 23.0 Å². The highest BCUT2D eigenvalue weighted by atomic mass is 35.5. The van der Waals surface area contributed by atoms with Gasteiger partial charge in [-0.25, -0.2) is 4.39 Å². The number of para-hydroxylation sites is 1. The second kappa shape index (κ2) is 11.5. The number of fused-ring (bicyclic) bond motifs is 2. The summed E-state index contributed by atoms with van der Waals surface area (Å²) in [4.78, 5) is 31.3. The third-order valence-electron chi connectivity index (χ3n) is 6.86. The van der Waals surface area contributed by atoms with Crippen LogP contribution in [0.4, 0.5) is 10.1 Å². The Labute approximate surface area is 249 Å². The molecule has 214 valence electrons. The van der Waals surface area contributed by atoms with Crippen LogP contribution < -0.4 is 25.0 Å². The van der Waals surface area contributed by atoms with E-state index in [1.165, 1.54) is 24.4 Å². The van der Waals surface area contributed by atoms with E-state index in [1.54, 1.807) is 91.7 Å². The van der Waals surface area contributed by atoms with Crippen LogP contribution in [0.15, 0.2) is 102 Å². The molecule has 8 nitrogen and oxygen atoms in total. The van der Waals surface area contributed by atoms with Crippen LogP contribution in [-0.4, -0.2) is 29.7 Å². The van der Waals surface area contributed by atoms with E-state index in [0.29, 0.717) is 56.2 Å².